The first-order valence-electron chi connectivity index (χ1n) is 7.94. The predicted molar refractivity (Wildman–Crippen MR) is 93.6 cm³/mol. The molecule has 1 heterocycles. The van der Waals surface area contributed by atoms with Gasteiger partial charge in [0.25, 0.3) is 15.9 Å². The van der Waals surface area contributed by atoms with Gasteiger partial charge in [0.05, 0.1) is 4.90 Å². The number of aryl methyl sites for hydroxylation is 1. The van der Waals surface area contributed by atoms with Gasteiger partial charge < -0.3 is 4.90 Å². The molecule has 1 aliphatic heterocycles. The Morgan fingerprint density at radius 3 is 2.33 bits per heavy atom. The number of amides is 1. The van der Waals surface area contributed by atoms with Crippen LogP contribution >= 0.6 is 0 Å². The van der Waals surface area contributed by atoms with Gasteiger partial charge in [-0.25, -0.2) is 8.42 Å². The molecule has 24 heavy (non-hydrogen) atoms. The number of likely N-dealkylation sites (tertiary alicyclic amines) is 1. The third-order valence-electron chi connectivity index (χ3n) is 4.08. The van der Waals surface area contributed by atoms with E-state index in [-0.39, 0.29) is 10.8 Å². The summed E-state index contributed by atoms with van der Waals surface area (Å²) in [5.41, 5.74) is 2.01. The SMILES string of the molecule is Cc1cccc(NS(=O)(=O)c2ccc(C(=O)N3CCCC3)cc2)c1. The molecule has 1 saturated heterocycles. The number of benzene rings is 2. The zero-order valence-corrected chi connectivity index (χ0v) is 14.3. The maximum absolute atomic E-state index is 12.4. The van der Waals surface area contributed by atoms with Crippen molar-refractivity contribution in [3.05, 3.63) is 59.7 Å². The monoisotopic (exact) mass is 344 g/mol. The minimum Gasteiger partial charge on any atom is -0.339 e. The summed E-state index contributed by atoms with van der Waals surface area (Å²) in [4.78, 5) is 14.2. The Labute approximate surface area is 142 Å². The van der Waals surface area contributed by atoms with Crippen LogP contribution in [0.5, 0.6) is 0 Å². The van der Waals surface area contributed by atoms with E-state index in [1.54, 1.807) is 35.2 Å². The number of hydrogen-bond acceptors (Lipinski definition) is 3. The average molecular weight is 344 g/mol. The number of carbonyl (C=O) groups excluding carboxylic acids is 1. The highest BCUT2D eigenvalue weighted by atomic mass is 32.2. The minimum atomic E-state index is -3.67. The molecule has 0 aromatic heterocycles. The Bertz CT molecular complexity index is 839. The lowest BCUT2D eigenvalue weighted by Gasteiger charge is -2.15. The topological polar surface area (TPSA) is 66.5 Å². The lowest BCUT2D eigenvalue weighted by molar-refractivity contribution is 0.0792. The molecule has 1 N–H and O–H groups in total. The number of nitrogens with zero attached hydrogens (tertiary/aromatic N) is 1. The quantitative estimate of drug-likeness (QED) is 0.927. The molecule has 0 atom stereocenters. The van der Waals surface area contributed by atoms with Crippen molar-refractivity contribution in [2.45, 2.75) is 24.7 Å². The van der Waals surface area contributed by atoms with Gasteiger partial charge >= 0.3 is 0 Å². The van der Waals surface area contributed by atoms with E-state index in [1.165, 1.54) is 12.1 Å². The molecule has 0 saturated carbocycles. The summed E-state index contributed by atoms with van der Waals surface area (Å²) < 4.78 is 27.4. The Morgan fingerprint density at radius 1 is 1.04 bits per heavy atom. The molecular formula is C18H20N2O3S. The van der Waals surface area contributed by atoms with E-state index in [4.69, 9.17) is 0 Å². The zero-order valence-electron chi connectivity index (χ0n) is 13.5. The second-order valence-electron chi connectivity index (χ2n) is 6.00. The van der Waals surface area contributed by atoms with Gasteiger partial charge in [-0.2, -0.15) is 0 Å². The van der Waals surface area contributed by atoms with Crippen molar-refractivity contribution in [1.82, 2.24) is 4.90 Å². The van der Waals surface area contributed by atoms with Crippen molar-refractivity contribution in [1.29, 1.82) is 0 Å². The molecule has 1 aliphatic rings. The molecule has 2 aromatic carbocycles. The van der Waals surface area contributed by atoms with E-state index in [0.29, 0.717) is 11.3 Å². The Kier molecular flexibility index (Phi) is 4.57. The highest BCUT2D eigenvalue weighted by molar-refractivity contribution is 7.92. The maximum Gasteiger partial charge on any atom is 0.261 e. The summed E-state index contributed by atoms with van der Waals surface area (Å²) in [6, 6.07) is 13.3. The molecule has 2 aromatic rings. The van der Waals surface area contributed by atoms with Crippen LogP contribution in [-0.4, -0.2) is 32.3 Å². The first-order chi connectivity index (χ1) is 11.5. The molecular weight excluding hydrogens is 324 g/mol. The molecule has 0 radical (unpaired) electrons. The summed E-state index contributed by atoms with van der Waals surface area (Å²) in [5, 5.41) is 0. The molecule has 126 valence electrons. The summed E-state index contributed by atoms with van der Waals surface area (Å²) in [6.45, 7) is 3.44. The maximum atomic E-state index is 12.4. The van der Waals surface area contributed by atoms with Crippen molar-refractivity contribution >= 4 is 21.6 Å². The fraction of sp³-hybridized carbons (Fsp3) is 0.278. The highest BCUT2D eigenvalue weighted by Crippen LogP contribution is 2.19. The first kappa shape index (κ1) is 16.5. The van der Waals surface area contributed by atoms with Crippen LogP contribution in [-0.2, 0) is 10.0 Å². The molecule has 0 spiro atoms. The molecule has 6 heteroatoms. The van der Waals surface area contributed by atoms with Crippen LogP contribution in [0.4, 0.5) is 5.69 Å². The number of rotatable bonds is 4. The molecule has 0 aliphatic carbocycles. The van der Waals surface area contributed by atoms with Crippen LogP contribution in [0, 0.1) is 6.92 Å². The third-order valence-corrected chi connectivity index (χ3v) is 5.47. The number of carbonyl (C=O) groups is 1. The van der Waals surface area contributed by atoms with Crippen LogP contribution in [0.3, 0.4) is 0 Å². The van der Waals surface area contributed by atoms with Gasteiger partial charge in [-0.05, 0) is 61.7 Å². The van der Waals surface area contributed by atoms with E-state index in [9.17, 15) is 13.2 Å². The largest absolute Gasteiger partial charge is 0.339 e. The second-order valence-corrected chi connectivity index (χ2v) is 7.68. The molecule has 1 fully saturated rings. The van der Waals surface area contributed by atoms with Crippen molar-refractivity contribution in [2.75, 3.05) is 17.8 Å². The van der Waals surface area contributed by atoms with Crippen molar-refractivity contribution in [2.24, 2.45) is 0 Å². The molecule has 3 rings (SSSR count). The van der Waals surface area contributed by atoms with E-state index < -0.39 is 10.0 Å². The Balaban J connectivity index is 1.77. The fourth-order valence-electron chi connectivity index (χ4n) is 2.80. The number of nitrogens with one attached hydrogen (secondary N) is 1. The Morgan fingerprint density at radius 2 is 1.71 bits per heavy atom. The van der Waals surface area contributed by atoms with Gasteiger partial charge in [0.2, 0.25) is 0 Å². The van der Waals surface area contributed by atoms with Crippen LogP contribution in [0.15, 0.2) is 53.4 Å². The molecule has 0 unspecified atom stereocenters. The van der Waals surface area contributed by atoms with Crippen LogP contribution in [0.1, 0.15) is 28.8 Å². The van der Waals surface area contributed by atoms with Gasteiger partial charge in [-0.15, -0.1) is 0 Å². The molecule has 1 amide bonds. The lowest BCUT2D eigenvalue weighted by atomic mass is 10.2. The van der Waals surface area contributed by atoms with Crippen LogP contribution in [0.25, 0.3) is 0 Å². The lowest BCUT2D eigenvalue weighted by Crippen LogP contribution is -2.27. The summed E-state index contributed by atoms with van der Waals surface area (Å²) in [7, 11) is -3.67. The third kappa shape index (κ3) is 3.59. The average Bonchev–Trinajstić information content (AvgIpc) is 3.08. The highest BCUT2D eigenvalue weighted by Gasteiger charge is 2.20. The van der Waals surface area contributed by atoms with E-state index in [2.05, 4.69) is 4.72 Å². The molecule has 5 nitrogen and oxygen atoms in total. The standard InChI is InChI=1S/C18H20N2O3S/c1-14-5-4-6-16(13-14)19-24(22,23)17-9-7-15(8-10-17)18(21)20-11-2-3-12-20/h4-10,13,19H,2-3,11-12H2,1H3. The number of hydrogen-bond donors (Lipinski definition) is 1. The van der Waals surface area contributed by atoms with Gasteiger partial charge in [0.15, 0.2) is 0 Å². The summed E-state index contributed by atoms with van der Waals surface area (Å²) >= 11 is 0. The van der Waals surface area contributed by atoms with Crippen LogP contribution < -0.4 is 4.72 Å². The van der Waals surface area contributed by atoms with Crippen molar-refractivity contribution in [3.8, 4) is 0 Å². The smallest absolute Gasteiger partial charge is 0.261 e. The van der Waals surface area contributed by atoms with Crippen LogP contribution in [0.2, 0.25) is 0 Å². The summed E-state index contributed by atoms with van der Waals surface area (Å²) in [6.07, 6.45) is 2.05. The zero-order chi connectivity index (χ0) is 17.2. The van der Waals surface area contributed by atoms with Gasteiger partial charge in [0.1, 0.15) is 0 Å². The number of sulfonamides is 1. The molecule has 0 bridgehead atoms. The van der Waals surface area contributed by atoms with E-state index in [1.807, 2.05) is 13.0 Å². The summed E-state index contributed by atoms with van der Waals surface area (Å²) in [5.74, 6) is -0.0388. The van der Waals surface area contributed by atoms with E-state index >= 15 is 0 Å². The van der Waals surface area contributed by atoms with Crippen molar-refractivity contribution in [3.63, 3.8) is 0 Å². The first-order valence-corrected chi connectivity index (χ1v) is 9.43. The fourth-order valence-corrected chi connectivity index (χ4v) is 3.85. The van der Waals surface area contributed by atoms with Gasteiger partial charge in [-0.3, -0.25) is 9.52 Å². The normalized spacial score (nSPS) is 14.6. The second kappa shape index (κ2) is 6.65. The minimum absolute atomic E-state index is 0.0388. The van der Waals surface area contributed by atoms with E-state index in [0.717, 1.165) is 31.5 Å². The van der Waals surface area contributed by atoms with Crippen molar-refractivity contribution < 1.29 is 13.2 Å². The number of anilines is 1. The predicted octanol–water partition coefficient (Wildman–Crippen LogP) is 3.03. The Hall–Kier alpha value is -2.34. The van der Waals surface area contributed by atoms with Gasteiger partial charge in [-0.1, -0.05) is 12.1 Å². The van der Waals surface area contributed by atoms with Gasteiger partial charge in [0, 0.05) is 24.3 Å².